The third-order valence-corrected chi connectivity index (χ3v) is 7.11. The molecule has 1 fully saturated rings. The first-order valence-electron chi connectivity index (χ1n) is 12.4. The predicted molar refractivity (Wildman–Crippen MR) is 141 cm³/mol. The zero-order valence-corrected chi connectivity index (χ0v) is 22.3. The third-order valence-electron chi connectivity index (χ3n) is 7.11. The molecule has 2 aromatic carbocycles. The van der Waals surface area contributed by atoms with E-state index in [1.807, 2.05) is 0 Å². The number of hydrogen-bond acceptors (Lipinski definition) is 8. The number of aryl methyl sites for hydroxylation is 1. The molecule has 0 amide bonds. The molecule has 1 saturated heterocycles. The number of benzene rings is 2. The first-order chi connectivity index (χ1) is 18.0. The number of nitrogens with zero attached hydrogens (tertiary/aromatic N) is 3. The minimum atomic E-state index is -4.50. The Balaban J connectivity index is 1.68. The Bertz CT molecular complexity index is 1300. The maximum atomic E-state index is 13.4. The van der Waals surface area contributed by atoms with Crippen LogP contribution >= 0.6 is 0 Å². The zero-order valence-electron chi connectivity index (χ0n) is 22.3. The molecule has 1 aliphatic heterocycles. The maximum Gasteiger partial charge on any atom is 0.416 e. The Hall–Kier alpha value is -3.31. The van der Waals surface area contributed by atoms with Crippen LogP contribution < -0.4 is 20.5 Å². The number of nitrogen functional groups attached to an aromatic ring is 1. The van der Waals surface area contributed by atoms with Gasteiger partial charge in [0.25, 0.3) is 0 Å². The minimum Gasteiger partial charge on any atom is -0.493 e. The van der Waals surface area contributed by atoms with Gasteiger partial charge in [0.2, 0.25) is 0 Å². The second-order valence-corrected chi connectivity index (χ2v) is 9.86. The van der Waals surface area contributed by atoms with Gasteiger partial charge in [-0.2, -0.15) is 13.2 Å². The van der Waals surface area contributed by atoms with Crippen LogP contribution in [0.4, 0.5) is 24.7 Å². The molecule has 1 aromatic heterocycles. The van der Waals surface area contributed by atoms with Crippen LogP contribution in [0, 0.1) is 6.92 Å². The van der Waals surface area contributed by atoms with E-state index in [4.69, 9.17) is 19.9 Å². The highest BCUT2D eigenvalue weighted by molar-refractivity contribution is 5.92. The van der Waals surface area contributed by atoms with Crippen molar-refractivity contribution in [1.29, 1.82) is 0 Å². The summed E-state index contributed by atoms with van der Waals surface area (Å²) in [4.78, 5) is 11.3. The molecule has 4 rings (SSSR count). The molecule has 0 bridgehead atoms. The van der Waals surface area contributed by atoms with Crippen molar-refractivity contribution in [2.45, 2.75) is 44.4 Å². The number of aromatic nitrogens is 2. The van der Waals surface area contributed by atoms with Gasteiger partial charge in [-0.15, -0.1) is 0 Å². The summed E-state index contributed by atoms with van der Waals surface area (Å²) < 4.78 is 57.5. The van der Waals surface area contributed by atoms with Crippen molar-refractivity contribution in [2.75, 3.05) is 52.1 Å². The molecule has 0 saturated carbocycles. The van der Waals surface area contributed by atoms with Gasteiger partial charge >= 0.3 is 6.18 Å². The van der Waals surface area contributed by atoms with Gasteiger partial charge in [0.15, 0.2) is 11.5 Å². The van der Waals surface area contributed by atoms with Crippen molar-refractivity contribution < 1.29 is 27.4 Å². The van der Waals surface area contributed by atoms with Crippen molar-refractivity contribution in [2.24, 2.45) is 0 Å². The zero-order chi connectivity index (χ0) is 27.7. The molecular weight excluding hydrogens is 499 g/mol. The van der Waals surface area contributed by atoms with E-state index in [1.54, 1.807) is 40.2 Å². The lowest BCUT2D eigenvalue weighted by Crippen LogP contribution is -2.50. The Kier molecular flexibility index (Phi) is 7.89. The van der Waals surface area contributed by atoms with Crippen LogP contribution in [-0.2, 0) is 10.9 Å². The molecule has 2 atom stereocenters. The number of likely N-dealkylation sites (tertiary alicyclic amines) is 1. The lowest BCUT2D eigenvalue weighted by molar-refractivity contribution is -0.137. The Morgan fingerprint density at radius 3 is 2.50 bits per heavy atom. The molecule has 38 heavy (non-hydrogen) atoms. The summed E-state index contributed by atoms with van der Waals surface area (Å²) in [6.07, 6.45) is -2.50. The number of fused-ring (bicyclic) bond motifs is 1. The van der Waals surface area contributed by atoms with Crippen molar-refractivity contribution in [3.63, 3.8) is 0 Å². The number of rotatable bonds is 9. The summed E-state index contributed by atoms with van der Waals surface area (Å²) in [5.41, 5.74) is 5.77. The van der Waals surface area contributed by atoms with Crippen LogP contribution in [0.5, 0.6) is 11.5 Å². The van der Waals surface area contributed by atoms with E-state index in [-0.39, 0.29) is 11.2 Å². The molecule has 8 nitrogen and oxygen atoms in total. The summed E-state index contributed by atoms with van der Waals surface area (Å²) >= 11 is 0. The fraction of sp³-hybridized carbons (Fsp3) is 0.481. The molecule has 0 aliphatic carbocycles. The standard InChI is InChI=1S/C27H34F3N5O3/c1-16(18-9-19(27(28,29)30)11-20(31)10-18)32-25-21-12-24(23(37-5)13-22(21)33-17(2)34-25)38-15-26(14-36-4)7-6-8-35(26)3/h9-13,16H,6-8,14-15,31H2,1-5H3,(H,32,33,34)/t16-,26+/m1/s1. The van der Waals surface area contributed by atoms with Crippen LogP contribution in [-0.4, -0.2) is 61.4 Å². The largest absolute Gasteiger partial charge is 0.493 e. The summed E-state index contributed by atoms with van der Waals surface area (Å²) in [5.74, 6) is 2.00. The number of anilines is 2. The van der Waals surface area contributed by atoms with E-state index in [9.17, 15) is 13.2 Å². The highest BCUT2D eigenvalue weighted by Crippen LogP contribution is 2.38. The molecule has 0 spiro atoms. The van der Waals surface area contributed by atoms with Crippen molar-refractivity contribution in [3.8, 4) is 11.5 Å². The average molecular weight is 534 g/mol. The lowest BCUT2D eigenvalue weighted by atomic mass is 9.99. The monoisotopic (exact) mass is 533 g/mol. The topological polar surface area (TPSA) is 94.8 Å². The van der Waals surface area contributed by atoms with Gasteiger partial charge < -0.3 is 25.3 Å². The summed E-state index contributed by atoms with van der Waals surface area (Å²) in [6, 6.07) is 6.59. The van der Waals surface area contributed by atoms with E-state index in [2.05, 4.69) is 27.2 Å². The van der Waals surface area contributed by atoms with Gasteiger partial charge in [-0.1, -0.05) is 0 Å². The Morgan fingerprint density at radius 2 is 1.87 bits per heavy atom. The second kappa shape index (κ2) is 10.8. The van der Waals surface area contributed by atoms with Gasteiger partial charge in [0.05, 0.1) is 36.4 Å². The third kappa shape index (κ3) is 5.73. The fourth-order valence-electron chi connectivity index (χ4n) is 4.97. The summed E-state index contributed by atoms with van der Waals surface area (Å²) in [5, 5.41) is 3.90. The van der Waals surface area contributed by atoms with Crippen LogP contribution in [0.2, 0.25) is 0 Å². The second-order valence-electron chi connectivity index (χ2n) is 9.86. The lowest BCUT2D eigenvalue weighted by Gasteiger charge is -2.35. The summed E-state index contributed by atoms with van der Waals surface area (Å²) in [7, 11) is 5.31. The first kappa shape index (κ1) is 27.7. The molecular formula is C27H34F3N5O3. The van der Waals surface area contributed by atoms with Crippen LogP contribution in [0.15, 0.2) is 30.3 Å². The summed E-state index contributed by atoms with van der Waals surface area (Å²) in [6.45, 7) is 5.39. The predicted octanol–water partition coefficient (Wildman–Crippen LogP) is 5.21. The highest BCUT2D eigenvalue weighted by atomic mass is 19.4. The number of nitrogens with one attached hydrogen (secondary N) is 1. The smallest absolute Gasteiger partial charge is 0.416 e. The molecule has 3 aromatic rings. The van der Waals surface area contributed by atoms with Crippen molar-refractivity contribution in [1.82, 2.24) is 14.9 Å². The Labute approximate surface area is 220 Å². The number of alkyl halides is 3. The van der Waals surface area contributed by atoms with E-state index in [1.165, 1.54) is 6.07 Å². The molecule has 0 unspecified atom stereocenters. The van der Waals surface area contributed by atoms with Crippen molar-refractivity contribution >= 4 is 22.4 Å². The van der Waals surface area contributed by atoms with Gasteiger partial charge in [0, 0.05) is 24.2 Å². The van der Waals surface area contributed by atoms with Crippen LogP contribution in [0.25, 0.3) is 10.9 Å². The number of methoxy groups -OCH3 is 2. The minimum absolute atomic E-state index is 0.0366. The number of hydrogen-bond donors (Lipinski definition) is 2. The SMILES string of the molecule is COC[C@]1(COc2cc3c(N[C@H](C)c4cc(N)cc(C(F)(F)F)c4)nc(C)nc3cc2OC)CCCN1C. The Morgan fingerprint density at radius 1 is 1.11 bits per heavy atom. The van der Waals surface area contributed by atoms with Gasteiger partial charge in [-0.3, -0.25) is 4.90 Å². The number of nitrogens with two attached hydrogens (primary N) is 1. The number of halogens is 3. The maximum absolute atomic E-state index is 13.4. The molecule has 11 heteroatoms. The quantitative estimate of drug-likeness (QED) is 0.362. The van der Waals surface area contributed by atoms with E-state index in [0.717, 1.165) is 31.5 Å². The van der Waals surface area contributed by atoms with E-state index < -0.39 is 17.8 Å². The van der Waals surface area contributed by atoms with E-state index >= 15 is 0 Å². The molecule has 0 radical (unpaired) electrons. The fourth-order valence-corrected chi connectivity index (χ4v) is 4.97. The number of likely N-dealkylation sites (N-methyl/N-ethyl adjacent to an activating group) is 1. The average Bonchev–Trinajstić information content (AvgIpc) is 3.21. The van der Waals surface area contributed by atoms with Crippen molar-refractivity contribution in [3.05, 3.63) is 47.3 Å². The molecule has 2 heterocycles. The molecule has 1 aliphatic rings. The van der Waals surface area contributed by atoms with Crippen LogP contribution in [0.1, 0.15) is 42.8 Å². The van der Waals surface area contributed by atoms with Gasteiger partial charge in [-0.05, 0) is 70.1 Å². The van der Waals surface area contributed by atoms with Gasteiger partial charge in [0.1, 0.15) is 18.2 Å². The molecule has 3 N–H and O–H groups in total. The highest BCUT2D eigenvalue weighted by Gasteiger charge is 2.40. The van der Waals surface area contributed by atoms with E-state index in [0.29, 0.717) is 52.8 Å². The van der Waals surface area contributed by atoms with Crippen LogP contribution in [0.3, 0.4) is 0 Å². The first-order valence-corrected chi connectivity index (χ1v) is 12.4. The normalized spacial score (nSPS) is 19.1. The number of ether oxygens (including phenoxy) is 3. The molecule has 206 valence electrons. The van der Waals surface area contributed by atoms with Gasteiger partial charge in [-0.25, -0.2) is 9.97 Å².